The molecule has 1 N–H and O–H groups in total. The number of amides is 2. The molecule has 1 atom stereocenters. The highest BCUT2D eigenvalue weighted by atomic mass is 16.6. The summed E-state index contributed by atoms with van der Waals surface area (Å²) in [7, 11) is 1.03. The summed E-state index contributed by atoms with van der Waals surface area (Å²) in [6, 6.07) is -1.70. The Balaban J connectivity index is 3.11. The van der Waals surface area contributed by atoms with Gasteiger partial charge in [0.2, 0.25) is 11.6 Å². The van der Waals surface area contributed by atoms with Crippen molar-refractivity contribution in [3.63, 3.8) is 0 Å². The number of esters is 3. The summed E-state index contributed by atoms with van der Waals surface area (Å²) in [4.78, 5) is 62.2. The number of carbonyl (C=O) groups is 5. The van der Waals surface area contributed by atoms with Gasteiger partial charge in [0.05, 0.1) is 26.9 Å². The highest BCUT2D eigenvalue weighted by molar-refractivity contribution is 6.17. The van der Waals surface area contributed by atoms with Crippen LogP contribution in [0, 0.1) is 0 Å². The fraction of sp³-hybridized carbons (Fsp3) is 0.706. The zero-order valence-corrected chi connectivity index (χ0v) is 16.8. The number of hydrogen-bond acceptors (Lipinski definition) is 9. The van der Waals surface area contributed by atoms with Gasteiger partial charge in [-0.25, -0.2) is 19.2 Å². The largest absolute Gasteiger partial charge is 0.467 e. The number of likely N-dealkylation sites (tertiary alicyclic amines) is 1. The molecule has 1 rings (SSSR count). The smallest absolute Gasteiger partial charge is 0.409 e. The van der Waals surface area contributed by atoms with Crippen LogP contribution in [0.15, 0.2) is 0 Å². The summed E-state index contributed by atoms with van der Waals surface area (Å²) in [6.45, 7) is 7.30. The van der Waals surface area contributed by atoms with E-state index >= 15 is 0 Å². The van der Waals surface area contributed by atoms with Gasteiger partial charge in [0.15, 0.2) is 0 Å². The Morgan fingerprint density at radius 1 is 1.11 bits per heavy atom. The van der Waals surface area contributed by atoms with Gasteiger partial charge in [-0.2, -0.15) is 0 Å². The molecule has 2 amide bonds. The maximum absolute atomic E-state index is 12.8. The first-order chi connectivity index (χ1) is 12.9. The van der Waals surface area contributed by atoms with Crippen LogP contribution in [0.25, 0.3) is 0 Å². The molecule has 0 aromatic rings. The minimum absolute atomic E-state index is 0.0327. The Kier molecular flexibility index (Phi) is 7.36. The molecule has 1 aliphatic heterocycles. The van der Waals surface area contributed by atoms with E-state index in [2.05, 4.69) is 10.1 Å². The van der Waals surface area contributed by atoms with Gasteiger partial charge in [-0.1, -0.05) is 0 Å². The fourth-order valence-electron chi connectivity index (χ4n) is 2.50. The number of alkyl carbamates (subject to hydrolysis) is 1. The summed E-state index contributed by atoms with van der Waals surface area (Å²) in [6.07, 6.45) is -1.03. The Hall–Kier alpha value is -2.85. The Bertz CT molecular complexity index is 638. The van der Waals surface area contributed by atoms with Crippen LogP contribution in [0.2, 0.25) is 0 Å². The molecule has 0 saturated carbocycles. The van der Waals surface area contributed by atoms with E-state index in [0.29, 0.717) is 0 Å². The van der Waals surface area contributed by atoms with Crippen molar-refractivity contribution in [3.05, 3.63) is 0 Å². The van der Waals surface area contributed by atoms with Gasteiger partial charge in [-0.15, -0.1) is 0 Å². The SMILES string of the molecule is CCOC(=O)C(C(=O)OCC)N1C[C@](NC(=O)OC(C)(C)C)(C(=O)OC)C1=O. The quantitative estimate of drug-likeness (QED) is 0.265. The summed E-state index contributed by atoms with van der Waals surface area (Å²) in [5.74, 6) is -4.10. The van der Waals surface area contributed by atoms with E-state index in [9.17, 15) is 24.0 Å². The van der Waals surface area contributed by atoms with Crippen molar-refractivity contribution in [2.24, 2.45) is 0 Å². The molecule has 1 saturated heterocycles. The third kappa shape index (κ3) is 4.90. The van der Waals surface area contributed by atoms with Gasteiger partial charge in [-0.3, -0.25) is 10.1 Å². The number of ether oxygens (including phenoxy) is 4. The van der Waals surface area contributed by atoms with Crippen LogP contribution in [-0.4, -0.2) is 78.9 Å². The molecule has 11 heteroatoms. The zero-order valence-electron chi connectivity index (χ0n) is 16.8. The van der Waals surface area contributed by atoms with E-state index in [1.807, 2.05) is 0 Å². The monoisotopic (exact) mass is 402 g/mol. The van der Waals surface area contributed by atoms with Crippen LogP contribution in [-0.2, 0) is 38.1 Å². The average molecular weight is 402 g/mol. The zero-order chi connectivity index (χ0) is 21.7. The molecule has 158 valence electrons. The first-order valence-electron chi connectivity index (χ1n) is 8.67. The lowest BCUT2D eigenvalue weighted by molar-refractivity contribution is -0.184. The van der Waals surface area contributed by atoms with Gasteiger partial charge in [-0.05, 0) is 34.6 Å². The first-order valence-corrected chi connectivity index (χ1v) is 8.67. The number of β-lactam (4-membered cyclic amide) rings is 1. The Morgan fingerprint density at radius 3 is 1.96 bits per heavy atom. The second-order valence-corrected chi connectivity index (χ2v) is 6.86. The number of nitrogens with zero attached hydrogens (tertiary/aromatic N) is 1. The van der Waals surface area contributed by atoms with Crippen LogP contribution < -0.4 is 5.32 Å². The standard InChI is InChI=1S/C17H26N2O9/c1-7-26-11(20)10(12(21)27-8-2)19-9-17(13(19)22,14(23)25-6)18-15(24)28-16(3,4)5/h10H,7-9H2,1-6H3,(H,18,24)/t17-/m1/s1. The lowest BCUT2D eigenvalue weighted by Gasteiger charge is -2.47. The van der Waals surface area contributed by atoms with Crippen molar-refractivity contribution in [1.82, 2.24) is 10.2 Å². The molecule has 11 nitrogen and oxygen atoms in total. The third-order valence-electron chi connectivity index (χ3n) is 3.61. The molecule has 0 radical (unpaired) electrons. The predicted molar refractivity (Wildman–Crippen MR) is 92.9 cm³/mol. The van der Waals surface area contributed by atoms with Gasteiger partial charge < -0.3 is 23.8 Å². The topological polar surface area (TPSA) is 138 Å². The minimum atomic E-state index is -2.12. The molecule has 0 aromatic carbocycles. The van der Waals surface area contributed by atoms with Crippen molar-refractivity contribution in [3.8, 4) is 0 Å². The van der Waals surface area contributed by atoms with Gasteiger partial charge >= 0.3 is 24.0 Å². The van der Waals surface area contributed by atoms with E-state index in [1.165, 1.54) is 13.8 Å². The first kappa shape index (κ1) is 23.2. The van der Waals surface area contributed by atoms with Crippen LogP contribution in [0.3, 0.4) is 0 Å². The lowest BCUT2D eigenvalue weighted by Crippen LogP contribution is -2.81. The van der Waals surface area contributed by atoms with E-state index in [4.69, 9.17) is 14.2 Å². The second-order valence-electron chi connectivity index (χ2n) is 6.86. The minimum Gasteiger partial charge on any atom is -0.467 e. The van der Waals surface area contributed by atoms with Crippen molar-refractivity contribution >= 4 is 29.9 Å². The van der Waals surface area contributed by atoms with Gasteiger partial charge in [0, 0.05) is 0 Å². The molecule has 0 aromatic heterocycles. The summed E-state index contributed by atoms with van der Waals surface area (Å²) in [5, 5.41) is 2.18. The Labute approximate surface area is 162 Å². The van der Waals surface area contributed by atoms with Gasteiger partial charge in [0.1, 0.15) is 5.60 Å². The number of hydrogen-bond donors (Lipinski definition) is 1. The normalized spacial score (nSPS) is 18.8. The summed E-state index contributed by atoms with van der Waals surface area (Å²) < 4.78 is 19.3. The van der Waals surface area contributed by atoms with E-state index in [1.54, 1.807) is 20.8 Å². The molecular formula is C17H26N2O9. The molecular weight excluding hydrogens is 376 g/mol. The maximum Gasteiger partial charge on any atom is 0.409 e. The molecule has 28 heavy (non-hydrogen) atoms. The third-order valence-corrected chi connectivity index (χ3v) is 3.61. The van der Waals surface area contributed by atoms with Crippen LogP contribution in [0.5, 0.6) is 0 Å². The molecule has 0 unspecified atom stereocenters. The fourth-order valence-corrected chi connectivity index (χ4v) is 2.50. The number of methoxy groups -OCH3 is 1. The maximum atomic E-state index is 12.8. The second kappa shape index (κ2) is 8.89. The molecule has 1 aliphatic rings. The molecule has 0 bridgehead atoms. The van der Waals surface area contributed by atoms with Gasteiger partial charge in [0.25, 0.3) is 5.91 Å². The van der Waals surface area contributed by atoms with E-state index in [-0.39, 0.29) is 13.2 Å². The molecule has 1 fully saturated rings. The predicted octanol–water partition coefficient (Wildman–Crippen LogP) is -0.240. The summed E-state index contributed by atoms with van der Waals surface area (Å²) >= 11 is 0. The number of carbonyl (C=O) groups excluding carboxylic acids is 5. The molecule has 0 spiro atoms. The van der Waals surface area contributed by atoms with E-state index < -0.39 is 53.6 Å². The highest BCUT2D eigenvalue weighted by Crippen LogP contribution is 2.28. The molecule has 1 heterocycles. The van der Waals surface area contributed by atoms with Crippen LogP contribution >= 0.6 is 0 Å². The van der Waals surface area contributed by atoms with E-state index in [0.717, 1.165) is 12.0 Å². The number of nitrogens with one attached hydrogen (secondary N) is 1. The van der Waals surface area contributed by atoms with Crippen molar-refractivity contribution in [2.45, 2.75) is 51.8 Å². The van der Waals surface area contributed by atoms with Crippen LogP contribution in [0.1, 0.15) is 34.6 Å². The van der Waals surface area contributed by atoms with Crippen molar-refractivity contribution < 1.29 is 42.9 Å². The van der Waals surface area contributed by atoms with Crippen LogP contribution in [0.4, 0.5) is 4.79 Å². The highest BCUT2D eigenvalue weighted by Gasteiger charge is 2.64. The van der Waals surface area contributed by atoms with Crippen molar-refractivity contribution in [1.29, 1.82) is 0 Å². The van der Waals surface area contributed by atoms with Crippen molar-refractivity contribution in [2.75, 3.05) is 26.9 Å². The lowest BCUT2D eigenvalue weighted by atomic mass is 9.86. The number of rotatable bonds is 7. The molecule has 0 aliphatic carbocycles. The average Bonchev–Trinajstić information content (AvgIpc) is 2.58. The summed E-state index contributed by atoms with van der Waals surface area (Å²) in [5.41, 5.74) is -3.00. The Morgan fingerprint density at radius 2 is 1.61 bits per heavy atom.